The molecule has 0 aliphatic heterocycles. The summed E-state index contributed by atoms with van der Waals surface area (Å²) in [6.45, 7) is 3.89. The van der Waals surface area contributed by atoms with E-state index in [2.05, 4.69) is 26.1 Å². The molecule has 1 atom stereocenters. The van der Waals surface area contributed by atoms with Gasteiger partial charge in [-0.1, -0.05) is 15.9 Å². The first-order chi connectivity index (χ1) is 8.56. The van der Waals surface area contributed by atoms with Gasteiger partial charge in [-0.2, -0.15) is 0 Å². The van der Waals surface area contributed by atoms with Crippen LogP contribution in [0.3, 0.4) is 0 Å². The van der Waals surface area contributed by atoms with Crippen LogP contribution in [0.2, 0.25) is 0 Å². The molecule has 0 fully saturated rings. The van der Waals surface area contributed by atoms with Gasteiger partial charge in [-0.25, -0.2) is 0 Å². The van der Waals surface area contributed by atoms with E-state index in [1.54, 1.807) is 6.92 Å². The number of hydrogen-bond donors (Lipinski definition) is 1. The van der Waals surface area contributed by atoms with E-state index in [1.807, 2.05) is 25.1 Å². The molecule has 0 spiro atoms. The number of rotatable bonds is 4. The van der Waals surface area contributed by atoms with Crippen LogP contribution in [0, 0.1) is 6.92 Å². The van der Waals surface area contributed by atoms with Gasteiger partial charge in [0.2, 0.25) is 5.89 Å². The molecule has 0 unspecified atom stereocenters. The number of ether oxygens (including phenoxy) is 1. The lowest BCUT2D eigenvalue weighted by Gasteiger charge is -2.13. The van der Waals surface area contributed by atoms with Crippen molar-refractivity contribution < 1.29 is 9.15 Å². The van der Waals surface area contributed by atoms with E-state index in [1.165, 1.54) is 0 Å². The molecule has 0 bridgehead atoms. The van der Waals surface area contributed by atoms with E-state index in [-0.39, 0.29) is 12.6 Å². The molecule has 1 aromatic carbocycles. The highest BCUT2D eigenvalue weighted by atomic mass is 79.9. The van der Waals surface area contributed by atoms with Gasteiger partial charge < -0.3 is 14.9 Å². The highest BCUT2D eigenvalue weighted by molar-refractivity contribution is 9.10. The number of halogens is 1. The molecule has 2 N–H and O–H groups in total. The fourth-order valence-corrected chi connectivity index (χ4v) is 1.92. The quantitative estimate of drug-likeness (QED) is 0.939. The van der Waals surface area contributed by atoms with Crippen molar-refractivity contribution in [2.24, 2.45) is 5.73 Å². The van der Waals surface area contributed by atoms with Crippen molar-refractivity contribution in [3.63, 3.8) is 0 Å². The summed E-state index contributed by atoms with van der Waals surface area (Å²) in [6.07, 6.45) is 0. The lowest BCUT2D eigenvalue weighted by molar-refractivity contribution is 0.257. The van der Waals surface area contributed by atoms with Gasteiger partial charge in [0.15, 0.2) is 6.61 Å². The molecule has 0 saturated heterocycles. The van der Waals surface area contributed by atoms with Crippen molar-refractivity contribution in [1.29, 1.82) is 0 Å². The lowest BCUT2D eigenvalue weighted by atomic mass is 10.1. The average Bonchev–Trinajstić information content (AvgIpc) is 2.73. The molecule has 1 heterocycles. The molecule has 5 nitrogen and oxygen atoms in total. The van der Waals surface area contributed by atoms with Crippen molar-refractivity contribution in [3.05, 3.63) is 40.0 Å². The number of aromatic nitrogens is 2. The largest absolute Gasteiger partial charge is 0.483 e. The van der Waals surface area contributed by atoms with Gasteiger partial charge in [0.25, 0.3) is 5.89 Å². The van der Waals surface area contributed by atoms with Gasteiger partial charge in [0.05, 0.1) is 0 Å². The fourth-order valence-electron chi connectivity index (χ4n) is 1.54. The molecule has 0 saturated carbocycles. The second-order valence-corrected chi connectivity index (χ2v) is 4.89. The zero-order valence-electron chi connectivity index (χ0n) is 10.2. The Labute approximate surface area is 113 Å². The van der Waals surface area contributed by atoms with Crippen LogP contribution >= 0.6 is 15.9 Å². The van der Waals surface area contributed by atoms with Crippen LogP contribution in [0.4, 0.5) is 0 Å². The molecule has 0 aliphatic rings. The molecule has 0 radical (unpaired) electrons. The molecule has 2 rings (SSSR count). The summed E-state index contributed by atoms with van der Waals surface area (Å²) in [7, 11) is 0. The van der Waals surface area contributed by atoms with E-state index in [0.29, 0.717) is 11.8 Å². The molecule has 0 amide bonds. The maximum absolute atomic E-state index is 5.90. The van der Waals surface area contributed by atoms with Crippen molar-refractivity contribution in [2.45, 2.75) is 26.5 Å². The predicted octanol–water partition coefficient (Wildman–Crippen LogP) is 2.74. The Morgan fingerprint density at radius 1 is 1.44 bits per heavy atom. The number of nitrogens with zero attached hydrogens (tertiary/aromatic N) is 2. The van der Waals surface area contributed by atoms with Gasteiger partial charge in [-0.05, 0) is 25.1 Å². The number of benzene rings is 1. The van der Waals surface area contributed by atoms with Crippen LogP contribution in [0.1, 0.15) is 30.3 Å². The van der Waals surface area contributed by atoms with Crippen LogP contribution in [0.5, 0.6) is 5.75 Å². The normalized spacial score (nSPS) is 12.4. The minimum Gasteiger partial charge on any atom is -0.483 e. The Kier molecular flexibility index (Phi) is 3.98. The SMILES string of the molecule is Cc1nnc(COc2ccc(Br)cc2[C@H](C)N)o1. The first kappa shape index (κ1) is 13.0. The van der Waals surface area contributed by atoms with Crippen LogP contribution < -0.4 is 10.5 Å². The van der Waals surface area contributed by atoms with Crippen LogP contribution in [0.15, 0.2) is 27.1 Å². The van der Waals surface area contributed by atoms with Gasteiger partial charge in [0, 0.05) is 23.0 Å². The van der Waals surface area contributed by atoms with Crippen LogP contribution in [-0.2, 0) is 6.61 Å². The summed E-state index contributed by atoms with van der Waals surface area (Å²) >= 11 is 3.41. The zero-order chi connectivity index (χ0) is 13.1. The standard InChI is InChI=1S/C12H14BrN3O2/c1-7(14)10-5-9(13)3-4-11(10)17-6-12-16-15-8(2)18-12/h3-5,7H,6,14H2,1-2H3/t7-/m0/s1. The Balaban J connectivity index is 2.13. The van der Waals surface area contributed by atoms with Crippen LogP contribution in [0.25, 0.3) is 0 Å². The van der Waals surface area contributed by atoms with Gasteiger partial charge >= 0.3 is 0 Å². The summed E-state index contributed by atoms with van der Waals surface area (Å²) in [4.78, 5) is 0. The third-order valence-electron chi connectivity index (χ3n) is 2.38. The molecular weight excluding hydrogens is 298 g/mol. The third kappa shape index (κ3) is 3.08. The molecule has 6 heteroatoms. The Bertz CT molecular complexity index is 540. The average molecular weight is 312 g/mol. The van der Waals surface area contributed by atoms with Crippen molar-refractivity contribution in [2.75, 3.05) is 0 Å². The number of aryl methyl sites for hydroxylation is 1. The highest BCUT2D eigenvalue weighted by Crippen LogP contribution is 2.28. The summed E-state index contributed by atoms with van der Waals surface area (Å²) < 4.78 is 11.9. The second kappa shape index (κ2) is 5.49. The number of hydrogen-bond acceptors (Lipinski definition) is 5. The molecule has 96 valence electrons. The zero-order valence-corrected chi connectivity index (χ0v) is 11.8. The minimum absolute atomic E-state index is 0.109. The topological polar surface area (TPSA) is 74.2 Å². The van der Waals surface area contributed by atoms with Crippen LogP contribution in [-0.4, -0.2) is 10.2 Å². The first-order valence-corrected chi connectivity index (χ1v) is 6.32. The molecule has 0 aliphatic carbocycles. The lowest BCUT2D eigenvalue weighted by Crippen LogP contribution is -2.08. The fraction of sp³-hybridized carbons (Fsp3) is 0.333. The van der Waals surface area contributed by atoms with Gasteiger partial charge in [-0.3, -0.25) is 0 Å². The second-order valence-electron chi connectivity index (χ2n) is 3.97. The smallest absolute Gasteiger partial charge is 0.253 e. The van der Waals surface area contributed by atoms with E-state index in [4.69, 9.17) is 14.9 Å². The van der Waals surface area contributed by atoms with Crippen molar-refractivity contribution in [3.8, 4) is 5.75 Å². The molecule has 1 aromatic heterocycles. The monoisotopic (exact) mass is 311 g/mol. The number of nitrogens with two attached hydrogens (primary N) is 1. The predicted molar refractivity (Wildman–Crippen MR) is 70.1 cm³/mol. The Hall–Kier alpha value is -1.40. The minimum atomic E-state index is -0.109. The van der Waals surface area contributed by atoms with E-state index >= 15 is 0 Å². The maximum atomic E-state index is 5.90. The van der Waals surface area contributed by atoms with E-state index in [9.17, 15) is 0 Å². The maximum Gasteiger partial charge on any atom is 0.253 e. The van der Waals surface area contributed by atoms with Gasteiger partial charge in [-0.15, -0.1) is 10.2 Å². The molecular formula is C12H14BrN3O2. The van der Waals surface area contributed by atoms with Crippen molar-refractivity contribution in [1.82, 2.24) is 10.2 Å². The van der Waals surface area contributed by atoms with Crippen molar-refractivity contribution >= 4 is 15.9 Å². The summed E-state index contributed by atoms with van der Waals surface area (Å²) in [5.41, 5.74) is 6.84. The molecule has 2 aromatic rings. The summed E-state index contributed by atoms with van der Waals surface area (Å²) in [6, 6.07) is 5.60. The third-order valence-corrected chi connectivity index (χ3v) is 2.87. The van der Waals surface area contributed by atoms with Gasteiger partial charge in [0.1, 0.15) is 5.75 Å². The summed E-state index contributed by atoms with van der Waals surface area (Å²) in [5.74, 6) is 1.70. The molecule has 18 heavy (non-hydrogen) atoms. The Morgan fingerprint density at radius 3 is 2.83 bits per heavy atom. The Morgan fingerprint density at radius 2 is 2.22 bits per heavy atom. The first-order valence-electron chi connectivity index (χ1n) is 5.53. The summed E-state index contributed by atoms with van der Waals surface area (Å²) in [5, 5.41) is 7.61. The highest BCUT2D eigenvalue weighted by Gasteiger charge is 2.10. The van der Waals surface area contributed by atoms with E-state index < -0.39 is 0 Å². The van der Waals surface area contributed by atoms with E-state index in [0.717, 1.165) is 15.8 Å².